The van der Waals surface area contributed by atoms with Gasteiger partial charge in [-0.1, -0.05) is 54.0 Å². The van der Waals surface area contributed by atoms with Crippen molar-refractivity contribution in [2.45, 2.75) is 43.9 Å². The summed E-state index contributed by atoms with van der Waals surface area (Å²) in [7, 11) is 0. The first-order chi connectivity index (χ1) is 7.60. The molecule has 2 unspecified atom stereocenters. The molecule has 0 nitrogen and oxygen atoms in total. The van der Waals surface area contributed by atoms with Crippen molar-refractivity contribution in [1.82, 2.24) is 0 Å². The monoisotopic (exact) mass is 278 g/mol. The smallest absolute Gasteiger partial charge is 0.00685 e. The maximum Gasteiger partial charge on any atom is 0.00685 e. The molecule has 2 atom stereocenters. The first-order valence-corrected chi connectivity index (χ1v) is 7.38. The van der Waals surface area contributed by atoms with E-state index in [1.54, 1.807) is 11.1 Å². The van der Waals surface area contributed by atoms with Crippen molar-refractivity contribution in [1.29, 1.82) is 0 Å². The largest absolute Gasteiger partial charge is 0.0925 e. The fourth-order valence-electron chi connectivity index (χ4n) is 3.53. The molecule has 3 rings (SSSR count). The number of alkyl halides is 1. The summed E-state index contributed by atoms with van der Waals surface area (Å²) in [4.78, 5) is 0. The van der Waals surface area contributed by atoms with Crippen LogP contribution in [0.3, 0.4) is 0 Å². The molecule has 0 bridgehead atoms. The van der Waals surface area contributed by atoms with Gasteiger partial charge in [0.15, 0.2) is 0 Å². The van der Waals surface area contributed by atoms with Gasteiger partial charge in [-0.2, -0.15) is 0 Å². The highest BCUT2D eigenvalue weighted by Crippen LogP contribution is 2.63. The fraction of sp³-hybridized carbons (Fsp3) is 0.600. The van der Waals surface area contributed by atoms with Gasteiger partial charge in [-0.25, -0.2) is 0 Å². The molecule has 1 heteroatoms. The SMILES string of the molecule is CC1(C)CCC2(CC2CBr)c2ccccc21. The van der Waals surface area contributed by atoms with Crippen LogP contribution in [-0.2, 0) is 10.8 Å². The van der Waals surface area contributed by atoms with E-state index in [2.05, 4.69) is 54.0 Å². The normalized spacial score (nSPS) is 34.8. The van der Waals surface area contributed by atoms with Crippen molar-refractivity contribution in [3.8, 4) is 0 Å². The second-order valence-corrected chi connectivity index (χ2v) is 6.79. The third kappa shape index (κ3) is 1.33. The van der Waals surface area contributed by atoms with E-state index in [1.807, 2.05) is 0 Å². The topological polar surface area (TPSA) is 0 Å². The number of hydrogen-bond acceptors (Lipinski definition) is 0. The Morgan fingerprint density at radius 3 is 2.50 bits per heavy atom. The predicted octanol–water partition coefficient (Wildman–Crippen LogP) is 4.41. The van der Waals surface area contributed by atoms with Gasteiger partial charge in [-0.3, -0.25) is 0 Å². The van der Waals surface area contributed by atoms with Crippen LogP contribution in [0.15, 0.2) is 24.3 Å². The van der Waals surface area contributed by atoms with Crippen molar-refractivity contribution >= 4 is 15.9 Å². The Morgan fingerprint density at radius 1 is 1.19 bits per heavy atom. The highest BCUT2D eigenvalue weighted by Gasteiger charge is 2.57. The molecule has 1 aromatic carbocycles. The van der Waals surface area contributed by atoms with E-state index in [0.717, 1.165) is 5.92 Å². The summed E-state index contributed by atoms with van der Waals surface area (Å²) in [5.41, 5.74) is 4.16. The molecule has 1 saturated carbocycles. The van der Waals surface area contributed by atoms with Crippen LogP contribution >= 0.6 is 15.9 Å². The molecule has 0 saturated heterocycles. The third-order valence-corrected chi connectivity index (χ3v) is 5.59. The number of fused-ring (bicyclic) bond motifs is 2. The Morgan fingerprint density at radius 2 is 1.88 bits per heavy atom. The van der Waals surface area contributed by atoms with Crippen molar-refractivity contribution in [2.75, 3.05) is 5.33 Å². The minimum absolute atomic E-state index is 0.376. The van der Waals surface area contributed by atoms with Crippen LogP contribution in [0.5, 0.6) is 0 Å². The molecule has 2 aliphatic rings. The van der Waals surface area contributed by atoms with Gasteiger partial charge >= 0.3 is 0 Å². The van der Waals surface area contributed by atoms with E-state index in [1.165, 1.54) is 24.6 Å². The quantitative estimate of drug-likeness (QED) is 0.668. The zero-order valence-corrected chi connectivity index (χ0v) is 11.7. The Balaban J connectivity index is 2.11. The Hall–Kier alpha value is -0.300. The van der Waals surface area contributed by atoms with Crippen molar-refractivity contribution in [3.05, 3.63) is 35.4 Å². The van der Waals surface area contributed by atoms with Crippen LogP contribution < -0.4 is 0 Å². The lowest BCUT2D eigenvalue weighted by atomic mass is 9.66. The minimum atomic E-state index is 0.376. The van der Waals surface area contributed by atoms with E-state index >= 15 is 0 Å². The summed E-state index contributed by atoms with van der Waals surface area (Å²) < 4.78 is 0. The van der Waals surface area contributed by atoms with E-state index in [-0.39, 0.29) is 0 Å². The number of rotatable bonds is 1. The zero-order chi connectivity index (χ0) is 11.4. The molecule has 1 fully saturated rings. The highest BCUT2D eigenvalue weighted by molar-refractivity contribution is 9.09. The molecule has 16 heavy (non-hydrogen) atoms. The average Bonchev–Trinajstić information content (AvgIpc) is 3.00. The van der Waals surface area contributed by atoms with Crippen LogP contribution in [0.25, 0.3) is 0 Å². The lowest BCUT2D eigenvalue weighted by Gasteiger charge is -2.38. The standard InChI is InChI=1S/C15H19Br/c1-14(2)7-8-15(9-11(15)10-16)13-6-4-3-5-12(13)14/h3-6,11H,7-10H2,1-2H3. The molecule has 1 aromatic rings. The lowest BCUT2D eigenvalue weighted by Crippen LogP contribution is -2.30. The number of halogens is 1. The molecule has 0 aromatic heterocycles. The van der Waals surface area contributed by atoms with Crippen LogP contribution in [0, 0.1) is 5.92 Å². The van der Waals surface area contributed by atoms with E-state index < -0.39 is 0 Å². The third-order valence-electron chi connectivity index (χ3n) is 4.81. The molecule has 0 heterocycles. The maximum atomic E-state index is 3.67. The first-order valence-electron chi connectivity index (χ1n) is 6.26. The number of hydrogen-bond donors (Lipinski definition) is 0. The molecule has 0 radical (unpaired) electrons. The van der Waals surface area contributed by atoms with Gasteiger partial charge in [-0.05, 0) is 47.1 Å². The summed E-state index contributed by atoms with van der Waals surface area (Å²) in [5.74, 6) is 0.879. The van der Waals surface area contributed by atoms with E-state index in [0.29, 0.717) is 10.8 Å². The van der Waals surface area contributed by atoms with Crippen molar-refractivity contribution in [3.63, 3.8) is 0 Å². The van der Waals surface area contributed by atoms with Gasteiger partial charge < -0.3 is 0 Å². The van der Waals surface area contributed by atoms with Crippen LogP contribution in [-0.4, -0.2) is 5.33 Å². The molecule has 1 spiro atoms. The molecular formula is C15H19Br. The average molecular weight is 279 g/mol. The van der Waals surface area contributed by atoms with Gasteiger partial charge in [0.2, 0.25) is 0 Å². The van der Waals surface area contributed by atoms with Crippen LogP contribution in [0.2, 0.25) is 0 Å². The van der Waals surface area contributed by atoms with Gasteiger partial charge in [0, 0.05) is 5.33 Å². The summed E-state index contributed by atoms with van der Waals surface area (Å²) in [6.45, 7) is 4.79. The zero-order valence-electron chi connectivity index (χ0n) is 10.1. The van der Waals surface area contributed by atoms with Gasteiger partial charge in [0.05, 0.1) is 0 Å². The first kappa shape index (κ1) is 10.8. The number of benzene rings is 1. The summed E-state index contributed by atoms with van der Waals surface area (Å²) in [5, 5.41) is 1.17. The second kappa shape index (κ2) is 3.35. The second-order valence-electron chi connectivity index (χ2n) is 6.14. The molecule has 0 aliphatic heterocycles. The van der Waals surface area contributed by atoms with Crippen LogP contribution in [0.1, 0.15) is 44.2 Å². The summed E-state index contributed by atoms with van der Waals surface area (Å²) >= 11 is 3.67. The van der Waals surface area contributed by atoms with Crippen molar-refractivity contribution < 1.29 is 0 Å². The molecule has 2 aliphatic carbocycles. The Kier molecular flexibility index (Phi) is 2.27. The van der Waals surface area contributed by atoms with E-state index in [9.17, 15) is 0 Å². The van der Waals surface area contributed by atoms with Gasteiger partial charge in [-0.15, -0.1) is 0 Å². The molecule has 0 N–H and O–H groups in total. The fourth-order valence-corrected chi connectivity index (χ4v) is 4.38. The molecular weight excluding hydrogens is 260 g/mol. The van der Waals surface area contributed by atoms with E-state index in [4.69, 9.17) is 0 Å². The lowest BCUT2D eigenvalue weighted by molar-refractivity contribution is 0.371. The Labute approximate surface area is 107 Å². The Bertz CT molecular complexity index is 421. The minimum Gasteiger partial charge on any atom is -0.0925 e. The molecule has 0 amide bonds. The van der Waals surface area contributed by atoms with Crippen molar-refractivity contribution in [2.24, 2.45) is 5.92 Å². The summed E-state index contributed by atoms with van der Waals surface area (Å²) in [6, 6.07) is 9.13. The summed E-state index contributed by atoms with van der Waals surface area (Å²) in [6.07, 6.45) is 4.12. The maximum absolute atomic E-state index is 3.67. The van der Waals surface area contributed by atoms with Gasteiger partial charge in [0.1, 0.15) is 0 Å². The highest BCUT2D eigenvalue weighted by atomic mass is 79.9. The molecule has 86 valence electrons. The van der Waals surface area contributed by atoms with Crippen LogP contribution in [0.4, 0.5) is 0 Å². The predicted molar refractivity (Wildman–Crippen MR) is 72.3 cm³/mol. The van der Waals surface area contributed by atoms with Gasteiger partial charge in [0.25, 0.3) is 0 Å².